The standard InChI is InChI=1S/C23H22N6O3.2C5H12/c1-13-10-16(11-14(2)20(13)32-3)26-23-25-12-18(28-29-23)22(31)27-21(30)17-8-4-6-15-7-5-9-24-19(15)17;2*1-4-5(2)3/h4-12,22,31H,1-3H3,(H,27,30)(H,25,26,29);2*5H,4H2,1-3H3. The van der Waals surface area contributed by atoms with Gasteiger partial charge >= 0.3 is 0 Å². The van der Waals surface area contributed by atoms with Crippen LogP contribution in [-0.4, -0.2) is 38.3 Å². The molecule has 4 rings (SSSR count). The molecule has 3 N–H and O–H groups in total. The molecule has 0 aliphatic heterocycles. The fraction of sp³-hybridized carbons (Fsp3) is 0.424. The van der Waals surface area contributed by atoms with Crippen LogP contribution in [0.2, 0.25) is 0 Å². The number of pyridine rings is 1. The maximum Gasteiger partial charge on any atom is 0.255 e. The van der Waals surface area contributed by atoms with Gasteiger partial charge in [-0.25, -0.2) is 4.98 Å². The van der Waals surface area contributed by atoms with Gasteiger partial charge in [-0.05, 0) is 61.1 Å². The van der Waals surface area contributed by atoms with Gasteiger partial charge in [-0.3, -0.25) is 9.78 Å². The molecular weight excluding hydrogens is 528 g/mol. The van der Waals surface area contributed by atoms with Gasteiger partial charge in [0.05, 0.1) is 24.4 Å². The van der Waals surface area contributed by atoms with E-state index in [1.54, 1.807) is 31.5 Å². The van der Waals surface area contributed by atoms with Gasteiger partial charge in [0.1, 0.15) is 11.4 Å². The number of nitrogens with one attached hydrogen (secondary N) is 2. The summed E-state index contributed by atoms with van der Waals surface area (Å²) in [6, 6.07) is 12.8. The molecule has 1 unspecified atom stereocenters. The molecule has 2 aromatic heterocycles. The zero-order valence-corrected chi connectivity index (χ0v) is 26.4. The van der Waals surface area contributed by atoms with Crippen LogP contribution in [0.25, 0.3) is 10.9 Å². The zero-order chi connectivity index (χ0) is 31.2. The van der Waals surface area contributed by atoms with Crippen LogP contribution in [0.15, 0.2) is 54.9 Å². The third kappa shape index (κ3) is 10.4. The maximum atomic E-state index is 12.7. The summed E-state index contributed by atoms with van der Waals surface area (Å²) in [5.74, 6) is 2.37. The lowest BCUT2D eigenvalue weighted by atomic mass is 10.1. The van der Waals surface area contributed by atoms with E-state index in [-0.39, 0.29) is 11.6 Å². The van der Waals surface area contributed by atoms with Crippen LogP contribution in [-0.2, 0) is 0 Å². The molecule has 0 aliphatic carbocycles. The molecule has 0 aliphatic rings. The summed E-state index contributed by atoms with van der Waals surface area (Å²) < 4.78 is 5.37. The molecule has 226 valence electrons. The van der Waals surface area contributed by atoms with Crippen LogP contribution in [0.5, 0.6) is 5.75 Å². The van der Waals surface area contributed by atoms with E-state index in [4.69, 9.17) is 4.74 Å². The van der Waals surface area contributed by atoms with Crippen molar-refractivity contribution in [1.29, 1.82) is 0 Å². The van der Waals surface area contributed by atoms with E-state index in [1.807, 2.05) is 38.1 Å². The van der Waals surface area contributed by atoms with Crippen LogP contribution < -0.4 is 15.4 Å². The number of fused-ring (bicyclic) bond motifs is 1. The van der Waals surface area contributed by atoms with Crippen LogP contribution in [0.4, 0.5) is 11.6 Å². The number of nitrogens with zero attached hydrogens (tertiary/aromatic N) is 4. The van der Waals surface area contributed by atoms with Crippen molar-refractivity contribution >= 4 is 28.4 Å². The predicted octanol–water partition coefficient (Wildman–Crippen LogP) is 7.31. The van der Waals surface area contributed by atoms with Crippen LogP contribution in [0.3, 0.4) is 0 Å². The topological polar surface area (TPSA) is 122 Å². The van der Waals surface area contributed by atoms with Crippen LogP contribution in [0.1, 0.15) is 87.8 Å². The lowest BCUT2D eigenvalue weighted by Crippen LogP contribution is -2.29. The third-order valence-electron chi connectivity index (χ3n) is 6.56. The van der Waals surface area contributed by atoms with E-state index in [2.05, 4.69) is 72.3 Å². The lowest BCUT2D eigenvalue weighted by molar-refractivity contribution is 0.0773. The number of aliphatic hydroxyl groups excluding tert-OH is 1. The number of aromatic nitrogens is 4. The van der Waals surface area contributed by atoms with Crippen molar-refractivity contribution in [3.05, 3.63) is 77.2 Å². The number of aryl methyl sites for hydroxylation is 2. The number of methoxy groups -OCH3 is 1. The summed E-state index contributed by atoms with van der Waals surface area (Å²) >= 11 is 0. The van der Waals surface area contributed by atoms with E-state index >= 15 is 0 Å². The molecule has 1 amide bonds. The average molecular weight is 575 g/mol. The summed E-state index contributed by atoms with van der Waals surface area (Å²) in [4.78, 5) is 21.1. The molecule has 42 heavy (non-hydrogen) atoms. The Bertz CT molecular complexity index is 1370. The zero-order valence-electron chi connectivity index (χ0n) is 26.4. The second-order valence-corrected chi connectivity index (χ2v) is 10.8. The Labute approximate surface area is 250 Å². The van der Waals surface area contributed by atoms with Gasteiger partial charge in [0.15, 0.2) is 6.23 Å². The Morgan fingerprint density at radius 3 is 2.05 bits per heavy atom. The lowest BCUT2D eigenvalue weighted by Gasteiger charge is -2.14. The molecule has 2 heterocycles. The summed E-state index contributed by atoms with van der Waals surface area (Å²) in [5.41, 5.74) is 3.74. The first-order chi connectivity index (χ1) is 20.0. The van der Waals surface area contributed by atoms with Crippen molar-refractivity contribution in [3.63, 3.8) is 0 Å². The molecule has 0 fully saturated rings. The summed E-state index contributed by atoms with van der Waals surface area (Å²) in [6.07, 6.45) is 4.20. The second kappa shape index (κ2) is 17.0. The van der Waals surface area contributed by atoms with E-state index in [0.29, 0.717) is 11.1 Å². The minimum Gasteiger partial charge on any atom is -0.496 e. The Hall–Kier alpha value is -4.11. The van der Waals surface area contributed by atoms with Crippen molar-refractivity contribution in [1.82, 2.24) is 25.5 Å². The van der Waals surface area contributed by atoms with Gasteiger partial charge in [0.25, 0.3) is 5.91 Å². The first kappa shape index (κ1) is 34.1. The van der Waals surface area contributed by atoms with Crippen molar-refractivity contribution in [2.24, 2.45) is 11.8 Å². The maximum absolute atomic E-state index is 12.7. The molecule has 1 atom stereocenters. The number of hydrogen-bond acceptors (Lipinski definition) is 8. The summed E-state index contributed by atoms with van der Waals surface area (Å²) in [5, 5.41) is 24.8. The minimum absolute atomic E-state index is 0.110. The van der Waals surface area contributed by atoms with E-state index in [0.717, 1.165) is 39.8 Å². The number of para-hydroxylation sites is 1. The molecule has 4 aromatic rings. The highest BCUT2D eigenvalue weighted by atomic mass is 16.5. The average Bonchev–Trinajstić information content (AvgIpc) is 2.97. The smallest absolute Gasteiger partial charge is 0.255 e. The van der Waals surface area contributed by atoms with Crippen LogP contribution in [0, 0.1) is 25.7 Å². The quantitative estimate of drug-likeness (QED) is 0.187. The van der Waals surface area contributed by atoms with Gasteiger partial charge in [-0.1, -0.05) is 72.6 Å². The SMILES string of the molecule is CCC(C)C.CCC(C)C.COc1c(C)cc(Nc2ncc(C(O)NC(=O)c3cccc4cccnc34)nn2)cc1C. The summed E-state index contributed by atoms with van der Waals surface area (Å²) in [6.45, 7) is 17.2. The Morgan fingerprint density at radius 2 is 1.52 bits per heavy atom. The molecule has 9 nitrogen and oxygen atoms in total. The summed E-state index contributed by atoms with van der Waals surface area (Å²) in [7, 11) is 1.63. The number of hydrogen-bond donors (Lipinski definition) is 3. The van der Waals surface area contributed by atoms with Crippen LogP contribution >= 0.6 is 0 Å². The molecule has 0 bridgehead atoms. The molecule has 0 saturated carbocycles. The Kier molecular flexibility index (Phi) is 13.8. The van der Waals surface area contributed by atoms with Crippen molar-refractivity contribution in [3.8, 4) is 5.75 Å². The Balaban J connectivity index is 0.000000533. The molecule has 0 radical (unpaired) electrons. The number of amides is 1. The van der Waals surface area contributed by atoms with E-state index in [1.165, 1.54) is 19.0 Å². The van der Waals surface area contributed by atoms with E-state index in [9.17, 15) is 9.90 Å². The number of rotatable bonds is 8. The molecule has 2 aromatic carbocycles. The number of ether oxygens (including phenoxy) is 1. The Morgan fingerprint density at radius 1 is 0.929 bits per heavy atom. The largest absolute Gasteiger partial charge is 0.496 e. The third-order valence-corrected chi connectivity index (χ3v) is 6.56. The minimum atomic E-state index is -1.37. The van der Waals surface area contributed by atoms with Crippen molar-refractivity contribution < 1.29 is 14.6 Å². The highest BCUT2D eigenvalue weighted by Gasteiger charge is 2.18. The number of carbonyl (C=O) groups excluding carboxylic acids is 1. The monoisotopic (exact) mass is 574 g/mol. The molecular formula is C33H46N6O3. The number of anilines is 2. The van der Waals surface area contributed by atoms with Gasteiger partial charge in [0, 0.05) is 17.3 Å². The van der Waals surface area contributed by atoms with Crippen molar-refractivity contribution in [2.45, 2.75) is 74.5 Å². The molecule has 0 saturated heterocycles. The first-order valence-electron chi connectivity index (χ1n) is 14.4. The van der Waals surface area contributed by atoms with Gasteiger partial charge in [-0.15, -0.1) is 10.2 Å². The molecule has 0 spiro atoms. The second-order valence-electron chi connectivity index (χ2n) is 10.8. The normalized spacial score (nSPS) is 11.2. The van der Waals surface area contributed by atoms with Gasteiger partial charge in [0.2, 0.25) is 5.95 Å². The number of benzene rings is 2. The molecule has 9 heteroatoms. The first-order valence-corrected chi connectivity index (χ1v) is 14.4. The van der Waals surface area contributed by atoms with Crippen molar-refractivity contribution in [2.75, 3.05) is 12.4 Å². The predicted molar refractivity (Wildman–Crippen MR) is 170 cm³/mol. The highest BCUT2D eigenvalue weighted by molar-refractivity contribution is 6.05. The highest BCUT2D eigenvalue weighted by Crippen LogP contribution is 2.27. The number of aliphatic hydroxyl groups is 1. The van der Waals surface area contributed by atoms with Gasteiger partial charge in [-0.2, -0.15) is 0 Å². The fourth-order valence-corrected chi connectivity index (χ4v) is 3.50. The fourth-order valence-electron chi connectivity index (χ4n) is 3.50. The van der Waals surface area contributed by atoms with E-state index < -0.39 is 12.1 Å². The number of carbonyl (C=O) groups is 1. The van der Waals surface area contributed by atoms with Gasteiger partial charge < -0.3 is 20.5 Å².